The van der Waals surface area contributed by atoms with Crippen molar-refractivity contribution in [2.45, 2.75) is 63.0 Å². The number of para-hydroxylation sites is 2. The number of anilines is 1. The number of terminal acetylenes is 1. The second-order valence-electron chi connectivity index (χ2n) is 13.3. The van der Waals surface area contributed by atoms with E-state index < -0.39 is 12.4 Å². The van der Waals surface area contributed by atoms with E-state index in [1.807, 2.05) is 38.6 Å². The van der Waals surface area contributed by atoms with E-state index in [0.717, 1.165) is 55.6 Å². The number of halogens is 1. The second kappa shape index (κ2) is 14.8. The quantitative estimate of drug-likeness (QED) is 0.165. The zero-order valence-electron chi connectivity index (χ0n) is 27.2. The van der Waals surface area contributed by atoms with Crippen LogP contribution in [-0.2, 0) is 11.2 Å². The van der Waals surface area contributed by atoms with E-state index in [1.54, 1.807) is 12.1 Å². The second-order valence-corrected chi connectivity index (χ2v) is 13.7. The van der Waals surface area contributed by atoms with Gasteiger partial charge in [0.2, 0.25) is 5.91 Å². The van der Waals surface area contributed by atoms with E-state index in [-0.39, 0.29) is 17.6 Å². The number of nitrogens with zero attached hydrogens (tertiary/aromatic N) is 5. The molecular weight excluding hydrogens is 616 g/mol. The first-order valence-corrected chi connectivity index (χ1v) is 17.2. The van der Waals surface area contributed by atoms with Crippen LogP contribution in [-0.4, -0.2) is 118 Å². The van der Waals surface area contributed by atoms with Crippen molar-refractivity contribution in [1.82, 2.24) is 34.5 Å². The minimum atomic E-state index is -1.05. The largest absolute Gasteiger partial charge is 0.397 e. The number of imidazole rings is 1. The molecule has 3 saturated heterocycles. The Bertz CT molecular complexity index is 1650. The van der Waals surface area contributed by atoms with Gasteiger partial charge in [0.1, 0.15) is 0 Å². The third-order valence-electron chi connectivity index (χ3n) is 10.3. The first kappa shape index (κ1) is 33.5. The van der Waals surface area contributed by atoms with Crippen LogP contribution in [0.2, 0.25) is 5.02 Å². The number of aromatic amines is 1. The number of nitrogens with two attached hydrogens (primary N) is 1. The van der Waals surface area contributed by atoms with Gasteiger partial charge in [-0.25, -0.2) is 4.79 Å². The molecule has 0 aliphatic carbocycles. The van der Waals surface area contributed by atoms with Crippen LogP contribution in [0, 0.1) is 12.3 Å². The average Bonchev–Trinajstić information content (AvgIpc) is 3.26. The third kappa shape index (κ3) is 7.54. The van der Waals surface area contributed by atoms with Gasteiger partial charge in [-0.1, -0.05) is 29.7 Å². The Kier molecular flexibility index (Phi) is 10.6. The highest BCUT2D eigenvalue weighted by atomic mass is 35.5. The van der Waals surface area contributed by atoms with E-state index >= 15 is 0 Å². The molecule has 4 heterocycles. The summed E-state index contributed by atoms with van der Waals surface area (Å²) in [6.45, 7) is 6.84. The van der Waals surface area contributed by atoms with Crippen LogP contribution in [0.3, 0.4) is 0 Å². The Labute approximate surface area is 281 Å². The first-order valence-electron chi connectivity index (χ1n) is 16.8. The number of aromatic nitrogens is 2. The molecule has 3 fully saturated rings. The SMILES string of the molecule is C#Cc1cc(C[C@@H](NC(O)N2CCC(n3c(=O)[nH]c4ccccc43)CC2)C(=O)N2CCC(N3CCCN(C)CC3)CC2)cc(Cl)c1N. The maximum atomic E-state index is 14.2. The van der Waals surface area contributed by atoms with Crippen molar-refractivity contribution in [2.75, 3.05) is 65.1 Å². The summed E-state index contributed by atoms with van der Waals surface area (Å²) in [6.07, 6.45) is 9.36. The zero-order valence-corrected chi connectivity index (χ0v) is 28.0. The first-order chi connectivity index (χ1) is 22.7. The minimum absolute atomic E-state index is 0.0181. The molecule has 0 spiro atoms. The lowest BCUT2D eigenvalue weighted by Gasteiger charge is -2.40. The number of hydrogen-bond donors (Lipinski definition) is 4. The normalized spacial score (nSPS) is 21.0. The molecule has 2 atom stereocenters. The van der Waals surface area contributed by atoms with Crippen LogP contribution < -0.4 is 16.7 Å². The lowest BCUT2D eigenvalue weighted by molar-refractivity contribution is -0.138. The molecule has 5 N–H and O–H groups in total. The van der Waals surface area contributed by atoms with Gasteiger partial charge in [-0.15, -0.1) is 6.42 Å². The highest BCUT2D eigenvalue weighted by molar-refractivity contribution is 6.33. The molecule has 6 rings (SSSR count). The number of aliphatic hydroxyl groups excluding tert-OH is 1. The van der Waals surface area contributed by atoms with Crippen molar-refractivity contribution in [3.8, 4) is 12.3 Å². The van der Waals surface area contributed by atoms with Crippen LogP contribution in [0.5, 0.6) is 0 Å². The van der Waals surface area contributed by atoms with Gasteiger partial charge in [0.25, 0.3) is 0 Å². The molecule has 3 aliphatic rings. The van der Waals surface area contributed by atoms with Crippen molar-refractivity contribution >= 4 is 34.2 Å². The average molecular weight is 663 g/mol. The summed E-state index contributed by atoms with van der Waals surface area (Å²) in [6, 6.07) is 11.0. The molecule has 1 aromatic heterocycles. The number of piperidine rings is 2. The molecular formula is C35H47ClN8O3. The molecule has 12 heteroatoms. The van der Waals surface area contributed by atoms with Gasteiger partial charge >= 0.3 is 5.69 Å². The molecule has 11 nitrogen and oxygen atoms in total. The smallest absolute Gasteiger partial charge is 0.326 e. The Balaban J connectivity index is 1.13. The van der Waals surface area contributed by atoms with E-state index in [4.69, 9.17) is 23.8 Å². The summed E-state index contributed by atoms with van der Waals surface area (Å²) in [4.78, 5) is 38.7. The van der Waals surface area contributed by atoms with Crippen LogP contribution in [0.15, 0.2) is 41.2 Å². The number of fused-ring (bicyclic) bond motifs is 1. The number of rotatable bonds is 8. The van der Waals surface area contributed by atoms with Gasteiger partial charge < -0.3 is 25.6 Å². The number of benzene rings is 2. The molecule has 1 amide bonds. The van der Waals surface area contributed by atoms with E-state index in [9.17, 15) is 14.7 Å². The van der Waals surface area contributed by atoms with Gasteiger partial charge in [-0.05, 0) is 88.5 Å². The minimum Gasteiger partial charge on any atom is -0.397 e. The van der Waals surface area contributed by atoms with E-state index in [1.165, 1.54) is 6.42 Å². The monoisotopic (exact) mass is 662 g/mol. The lowest BCUT2D eigenvalue weighted by Crippen LogP contribution is -2.58. The van der Waals surface area contributed by atoms with E-state index in [2.05, 4.69) is 33.1 Å². The van der Waals surface area contributed by atoms with Crippen molar-refractivity contribution < 1.29 is 9.90 Å². The van der Waals surface area contributed by atoms with Crippen LogP contribution in [0.1, 0.15) is 49.3 Å². The van der Waals surface area contributed by atoms with Gasteiger partial charge in [-0.2, -0.15) is 0 Å². The molecule has 0 saturated carbocycles. The molecule has 2 aromatic carbocycles. The Morgan fingerprint density at radius 2 is 1.79 bits per heavy atom. The number of carbonyl (C=O) groups is 1. The summed E-state index contributed by atoms with van der Waals surface area (Å²) in [5.41, 5.74) is 9.28. The Morgan fingerprint density at radius 3 is 2.53 bits per heavy atom. The van der Waals surface area contributed by atoms with Gasteiger partial charge in [-0.3, -0.25) is 24.5 Å². The summed E-state index contributed by atoms with van der Waals surface area (Å²) in [7, 11) is 2.18. The molecule has 252 valence electrons. The van der Waals surface area contributed by atoms with Crippen molar-refractivity contribution in [3.63, 3.8) is 0 Å². The number of aliphatic hydroxyl groups is 1. The summed E-state index contributed by atoms with van der Waals surface area (Å²) < 4.78 is 1.83. The number of hydrogen-bond acceptors (Lipinski definition) is 8. The predicted octanol–water partition coefficient (Wildman–Crippen LogP) is 2.29. The Morgan fingerprint density at radius 1 is 1.06 bits per heavy atom. The zero-order chi connectivity index (χ0) is 33.1. The number of amides is 1. The maximum absolute atomic E-state index is 14.2. The highest BCUT2D eigenvalue weighted by Crippen LogP contribution is 2.28. The summed E-state index contributed by atoms with van der Waals surface area (Å²) >= 11 is 6.42. The molecule has 47 heavy (non-hydrogen) atoms. The fourth-order valence-corrected chi connectivity index (χ4v) is 7.82. The van der Waals surface area contributed by atoms with E-state index in [0.29, 0.717) is 67.8 Å². The Hall–Kier alpha value is -3.37. The molecule has 1 unspecified atom stereocenters. The maximum Gasteiger partial charge on any atom is 0.326 e. The summed E-state index contributed by atoms with van der Waals surface area (Å²) in [5, 5.41) is 15.1. The number of nitrogens with one attached hydrogen (secondary N) is 2. The number of likely N-dealkylation sites (N-methyl/N-ethyl adjacent to an activating group) is 1. The molecule has 0 bridgehead atoms. The van der Waals surface area contributed by atoms with Gasteiger partial charge in [0, 0.05) is 56.9 Å². The molecule has 3 aliphatic heterocycles. The topological polar surface area (TPSA) is 126 Å². The number of likely N-dealkylation sites (tertiary alicyclic amines) is 2. The van der Waals surface area contributed by atoms with Gasteiger partial charge in [0.05, 0.1) is 27.8 Å². The summed E-state index contributed by atoms with van der Waals surface area (Å²) in [5.74, 6) is 2.54. The van der Waals surface area contributed by atoms with Crippen molar-refractivity contribution in [3.05, 3.63) is 63.0 Å². The van der Waals surface area contributed by atoms with Crippen LogP contribution in [0.25, 0.3) is 11.0 Å². The number of carbonyl (C=O) groups excluding carboxylic acids is 1. The van der Waals surface area contributed by atoms with Crippen LogP contribution in [0.4, 0.5) is 5.69 Å². The number of H-pyrrole nitrogens is 1. The van der Waals surface area contributed by atoms with Crippen molar-refractivity contribution in [2.24, 2.45) is 0 Å². The predicted molar refractivity (Wildman–Crippen MR) is 186 cm³/mol. The third-order valence-corrected chi connectivity index (χ3v) is 10.6. The fraction of sp³-hybridized carbons (Fsp3) is 0.543. The number of nitrogen functional groups attached to an aromatic ring is 1. The molecule has 0 radical (unpaired) electrons. The lowest BCUT2D eigenvalue weighted by atomic mass is 9.98. The molecule has 3 aromatic rings. The standard InChI is InChI=1S/C35H47ClN8O3/c1-3-25-21-24(22-28(36)32(25)37)23-30(33(45)42-15-9-26(10-16-42)41-14-6-13-40(2)19-20-41)39-34(46)43-17-11-27(12-18-43)44-31-8-5-4-7-29(31)38-35(44)47/h1,4-5,7-8,21-22,26-27,30,34,39,46H,6,9-20,23,37H2,2H3,(H,38,47)/t30-,34?/m1/s1. The van der Waals surface area contributed by atoms with Crippen molar-refractivity contribution in [1.29, 1.82) is 0 Å². The fourth-order valence-electron chi connectivity index (χ4n) is 7.58. The van der Waals surface area contributed by atoms with Crippen LogP contribution >= 0.6 is 11.6 Å². The highest BCUT2D eigenvalue weighted by Gasteiger charge is 2.34. The van der Waals surface area contributed by atoms with Gasteiger partial charge in [0.15, 0.2) is 6.35 Å².